The van der Waals surface area contributed by atoms with E-state index in [0.717, 1.165) is 16.7 Å². The summed E-state index contributed by atoms with van der Waals surface area (Å²) >= 11 is 0. The molecule has 0 amide bonds. The Balaban J connectivity index is 1.63. The molecule has 30 heavy (non-hydrogen) atoms. The predicted molar refractivity (Wildman–Crippen MR) is 119 cm³/mol. The van der Waals surface area contributed by atoms with Gasteiger partial charge in [-0.2, -0.15) is 0 Å². The van der Waals surface area contributed by atoms with Crippen LogP contribution in [0.2, 0.25) is 0 Å². The van der Waals surface area contributed by atoms with E-state index in [4.69, 9.17) is 5.73 Å². The van der Waals surface area contributed by atoms with E-state index < -0.39 is 16.1 Å². The number of sulfonamides is 1. The molecule has 0 aliphatic heterocycles. The third kappa shape index (κ3) is 2.77. The van der Waals surface area contributed by atoms with Crippen LogP contribution in [0.15, 0.2) is 65.6 Å². The Morgan fingerprint density at radius 3 is 1.67 bits per heavy atom. The fourth-order valence-corrected chi connectivity index (χ4v) is 7.43. The zero-order chi connectivity index (χ0) is 21.2. The van der Waals surface area contributed by atoms with E-state index >= 15 is 0 Å². The van der Waals surface area contributed by atoms with Gasteiger partial charge >= 0.3 is 0 Å². The monoisotopic (exact) mass is 418 g/mol. The van der Waals surface area contributed by atoms with Gasteiger partial charge in [0.15, 0.2) is 0 Å². The largest absolute Gasteiger partial charge is 0.325 e. The Kier molecular flexibility index (Phi) is 4.40. The summed E-state index contributed by atoms with van der Waals surface area (Å²) in [5.41, 5.74) is 14.1. The molecule has 3 aromatic carbocycles. The van der Waals surface area contributed by atoms with Crippen LogP contribution in [0.4, 0.5) is 0 Å². The first-order chi connectivity index (χ1) is 14.3. The highest BCUT2D eigenvalue weighted by Crippen LogP contribution is 2.52. The summed E-state index contributed by atoms with van der Waals surface area (Å²) in [5.74, 6) is -0.117. The molecule has 2 bridgehead atoms. The van der Waals surface area contributed by atoms with Gasteiger partial charge in [-0.25, -0.2) is 13.1 Å². The highest BCUT2D eigenvalue weighted by Gasteiger charge is 2.49. The molecule has 3 aliphatic rings. The average molecular weight is 419 g/mol. The van der Waals surface area contributed by atoms with Crippen LogP contribution in [-0.2, 0) is 10.0 Å². The number of nitrogens with one attached hydrogen (secondary N) is 1. The Labute approximate surface area is 178 Å². The first-order valence-corrected chi connectivity index (χ1v) is 11.8. The van der Waals surface area contributed by atoms with Gasteiger partial charge in [0.2, 0.25) is 10.0 Å². The van der Waals surface area contributed by atoms with E-state index in [1.165, 1.54) is 22.3 Å². The third-order valence-corrected chi connectivity index (χ3v) is 8.42. The molecule has 4 nitrogen and oxygen atoms in total. The molecule has 0 heterocycles. The summed E-state index contributed by atoms with van der Waals surface area (Å²) < 4.78 is 30.1. The van der Waals surface area contributed by atoms with Gasteiger partial charge in [-0.1, -0.05) is 66.2 Å². The lowest BCUT2D eigenvalue weighted by Gasteiger charge is -2.49. The van der Waals surface area contributed by atoms with Crippen LogP contribution >= 0.6 is 0 Å². The molecule has 0 radical (unpaired) electrons. The molecular weight excluding hydrogens is 392 g/mol. The van der Waals surface area contributed by atoms with Crippen molar-refractivity contribution >= 4 is 10.0 Å². The fourth-order valence-electron chi connectivity index (χ4n) is 5.70. The molecule has 3 N–H and O–H groups in total. The summed E-state index contributed by atoms with van der Waals surface area (Å²) in [6.45, 7) is 5.69. The first kappa shape index (κ1) is 19.5. The summed E-state index contributed by atoms with van der Waals surface area (Å²) in [4.78, 5) is 0.364. The van der Waals surface area contributed by atoms with Crippen molar-refractivity contribution in [2.24, 2.45) is 5.73 Å². The van der Waals surface area contributed by atoms with Crippen molar-refractivity contribution in [2.45, 2.75) is 49.6 Å². The molecule has 0 spiro atoms. The van der Waals surface area contributed by atoms with Crippen molar-refractivity contribution in [3.63, 3.8) is 0 Å². The standard InChI is InChI=1S/C25H26N2O2S/c1-14-12-15(2)25(16(3)13-14)30(28,29)27-24-22-19-10-6-4-8-17(19)21(23(24)26)18-9-5-7-11-20(18)22/h4-13,21-24,27H,26H2,1-3H3/t21?,22?,23-,24+/m1/s1. The number of benzene rings is 3. The maximum atomic E-state index is 13.5. The highest BCUT2D eigenvalue weighted by molar-refractivity contribution is 7.89. The molecule has 2 atom stereocenters. The summed E-state index contributed by atoms with van der Waals surface area (Å²) in [5, 5.41) is 0. The summed E-state index contributed by atoms with van der Waals surface area (Å²) in [6, 6.07) is 19.7. The molecule has 0 fully saturated rings. The van der Waals surface area contributed by atoms with E-state index in [0.29, 0.717) is 4.90 Å². The molecule has 3 aromatic rings. The fraction of sp³-hybridized carbons (Fsp3) is 0.280. The van der Waals surface area contributed by atoms with Crippen LogP contribution in [-0.4, -0.2) is 20.5 Å². The quantitative estimate of drug-likeness (QED) is 0.678. The Morgan fingerprint density at radius 2 is 1.20 bits per heavy atom. The number of nitrogens with two attached hydrogens (primary N) is 1. The maximum absolute atomic E-state index is 13.5. The average Bonchev–Trinajstić information content (AvgIpc) is 2.68. The van der Waals surface area contributed by atoms with E-state index in [9.17, 15) is 8.42 Å². The van der Waals surface area contributed by atoms with Crippen LogP contribution in [0.3, 0.4) is 0 Å². The molecule has 5 heteroatoms. The molecule has 6 rings (SSSR count). The van der Waals surface area contributed by atoms with E-state index in [-0.39, 0.29) is 17.9 Å². The Bertz CT molecular complexity index is 1200. The second kappa shape index (κ2) is 6.77. The lowest BCUT2D eigenvalue weighted by Crippen LogP contribution is -2.59. The number of hydrogen-bond donors (Lipinski definition) is 2. The highest BCUT2D eigenvalue weighted by atomic mass is 32.2. The second-order valence-electron chi connectivity index (χ2n) is 8.67. The lowest BCUT2D eigenvalue weighted by molar-refractivity contribution is 0.359. The van der Waals surface area contributed by atoms with Gasteiger partial charge in [0.25, 0.3) is 0 Å². The topological polar surface area (TPSA) is 72.2 Å². The zero-order valence-corrected chi connectivity index (χ0v) is 18.2. The van der Waals surface area contributed by atoms with Crippen molar-refractivity contribution in [1.29, 1.82) is 0 Å². The van der Waals surface area contributed by atoms with Crippen LogP contribution < -0.4 is 10.5 Å². The van der Waals surface area contributed by atoms with Gasteiger partial charge in [0.1, 0.15) is 0 Å². The first-order valence-electron chi connectivity index (χ1n) is 10.3. The van der Waals surface area contributed by atoms with Crippen LogP contribution in [0, 0.1) is 20.8 Å². The lowest BCUT2D eigenvalue weighted by atomic mass is 9.59. The smallest absolute Gasteiger partial charge is 0.241 e. The molecular formula is C25H26N2O2S. The van der Waals surface area contributed by atoms with E-state index in [2.05, 4.69) is 29.0 Å². The number of hydrogen-bond acceptors (Lipinski definition) is 3. The molecule has 0 unspecified atom stereocenters. The Hall–Kier alpha value is -2.47. The van der Waals surface area contributed by atoms with Crippen molar-refractivity contribution < 1.29 is 8.42 Å². The molecule has 0 saturated heterocycles. The van der Waals surface area contributed by atoms with Crippen LogP contribution in [0.25, 0.3) is 0 Å². The number of aryl methyl sites for hydroxylation is 3. The number of rotatable bonds is 3. The second-order valence-corrected chi connectivity index (χ2v) is 10.3. The summed E-state index contributed by atoms with van der Waals surface area (Å²) in [6.07, 6.45) is 0. The molecule has 3 aliphatic carbocycles. The Morgan fingerprint density at radius 1 is 0.767 bits per heavy atom. The van der Waals surface area contributed by atoms with Crippen LogP contribution in [0.1, 0.15) is 50.8 Å². The molecule has 154 valence electrons. The van der Waals surface area contributed by atoms with Crippen molar-refractivity contribution in [2.75, 3.05) is 0 Å². The minimum atomic E-state index is -3.73. The summed E-state index contributed by atoms with van der Waals surface area (Å²) in [7, 11) is -3.73. The van der Waals surface area contributed by atoms with Gasteiger partial charge in [-0.3, -0.25) is 0 Å². The van der Waals surface area contributed by atoms with Gasteiger partial charge in [0, 0.05) is 23.9 Å². The van der Waals surface area contributed by atoms with E-state index in [1.54, 1.807) is 0 Å². The van der Waals surface area contributed by atoms with Crippen molar-refractivity contribution in [3.05, 3.63) is 99.6 Å². The third-order valence-electron chi connectivity index (χ3n) is 6.66. The van der Waals surface area contributed by atoms with Gasteiger partial charge in [-0.05, 0) is 54.2 Å². The minimum absolute atomic E-state index is 0.0182. The van der Waals surface area contributed by atoms with E-state index in [1.807, 2.05) is 57.2 Å². The number of fused-ring (bicyclic) bond motifs is 1. The normalized spacial score (nSPS) is 24.4. The maximum Gasteiger partial charge on any atom is 0.241 e. The zero-order valence-electron chi connectivity index (χ0n) is 17.4. The van der Waals surface area contributed by atoms with Crippen LogP contribution in [0.5, 0.6) is 0 Å². The van der Waals surface area contributed by atoms with Crippen molar-refractivity contribution in [3.8, 4) is 0 Å². The van der Waals surface area contributed by atoms with Gasteiger partial charge < -0.3 is 5.73 Å². The predicted octanol–water partition coefficient (Wildman–Crippen LogP) is 3.88. The SMILES string of the molecule is Cc1cc(C)c(S(=O)(=O)N[C@H]2C3c4ccccc4C(c4ccccc43)[C@H]2N)c(C)c1. The van der Waals surface area contributed by atoms with Gasteiger partial charge in [-0.15, -0.1) is 0 Å². The minimum Gasteiger partial charge on any atom is -0.325 e. The van der Waals surface area contributed by atoms with Gasteiger partial charge in [0.05, 0.1) is 4.90 Å². The van der Waals surface area contributed by atoms with Crippen molar-refractivity contribution in [1.82, 2.24) is 4.72 Å². The molecule has 0 saturated carbocycles. The molecule has 0 aromatic heterocycles.